The van der Waals surface area contributed by atoms with E-state index in [-0.39, 0.29) is 12.0 Å². The van der Waals surface area contributed by atoms with E-state index >= 15 is 0 Å². The number of hydrogen-bond donors (Lipinski definition) is 1. The Hall–Kier alpha value is -2.57. The summed E-state index contributed by atoms with van der Waals surface area (Å²) in [7, 11) is 0. The highest BCUT2D eigenvalue weighted by atomic mass is 16.5. The second-order valence-electron chi connectivity index (χ2n) is 7.89. The lowest BCUT2D eigenvalue weighted by molar-refractivity contribution is 0.0679. The molecule has 0 spiro atoms. The topological polar surface area (TPSA) is 54.0 Å². The highest BCUT2D eigenvalue weighted by Gasteiger charge is 2.17. The molecule has 0 aromatic heterocycles. The summed E-state index contributed by atoms with van der Waals surface area (Å²) in [6, 6.07) is 15.4. The van der Waals surface area contributed by atoms with Gasteiger partial charge in [0.1, 0.15) is 12.4 Å². The number of amides is 1. The lowest BCUT2D eigenvalue weighted by Crippen LogP contribution is -2.46. The number of benzene rings is 2. The van der Waals surface area contributed by atoms with E-state index in [2.05, 4.69) is 34.2 Å². The molecule has 1 atom stereocenters. The molecule has 160 valence electrons. The van der Waals surface area contributed by atoms with Gasteiger partial charge in [-0.3, -0.25) is 4.79 Å². The molecule has 4 rings (SSSR count). The van der Waals surface area contributed by atoms with Crippen molar-refractivity contribution in [3.05, 3.63) is 54.1 Å². The van der Waals surface area contributed by atoms with Gasteiger partial charge in [0.05, 0.1) is 6.10 Å². The van der Waals surface area contributed by atoms with Crippen LogP contribution in [0.5, 0.6) is 5.75 Å². The summed E-state index contributed by atoms with van der Waals surface area (Å²) in [5.74, 6) is 0.638. The number of hydrogen-bond acceptors (Lipinski definition) is 5. The average Bonchev–Trinajstić information content (AvgIpc) is 3.32. The molecule has 1 amide bonds. The molecule has 2 aromatic carbocycles. The van der Waals surface area contributed by atoms with Crippen molar-refractivity contribution in [2.45, 2.75) is 25.9 Å². The van der Waals surface area contributed by atoms with E-state index in [4.69, 9.17) is 9.47 Å². The predicted molar refractivity (Wildman–Crippen MR) is 120 cm³/mol. The lowest BCUT2D eigenvalue weighted by Gasteiger charge is -2.35. The third kappa shape index (κ3) is 5.32. The van der Waals surface area contributed by atoms with Gasteiger partial charge in [0, 0.05) is 49.7 Å². The molecule has 1 unspecified atom stereocenters. The monoisotopic (exact) mass is 409 g/mol. The van der Waals surface area contributed by atoms with Gasteiger partial charge < -0.3 is 24.6 Å². The normalized spacial score (nSPS) is 19.6. The summed E-state index contributed by atoms with van der Waals surface area (Å²) in [4.78, 5) is 17.4. The van der Waals surface area contributed by atoms with Crippen molar-refractivity contribution in [2.75, 3.05) is 56.2 Å². The molecular weight excluding hydrogens is 378 g/mol. The average molecular weight is 410 g/mol. The second-order valence-corrected chi connectivity index (χ2v) is 7.89. The summed E-state index contributed by atoms with van der Waals surface area (Å²) < 4.78 is 11.3. The molecule has 0 aliphatic carbocycles. The van der Waals surface area contributed by atoms with E-state index in [1.165, 1.54) is 5.69 Å². The van der Waals surface area contributed by atoms with Crippen LogP contribution in [0.25, 0.3) is 0 Å². The Morgan fingerprint density at radius 2 is 1.80 bits per heavy atom. The smallest absolute Gasteiger partial charge is 0.255 e. The van der Waals surface area contributed by atoms with Gasteiger partial charge in [-0.1, -0.05) is 6.92 Å². The fourth-order valence-electron chi connectivity index (χ4n) is 3.95. The van der Waals surface area contributed by atoms with Crippen LogP contribution in [0.4, 0.5) is 11.4 Å². The van der Waals surface area contributed by atoms with Gasteiger partial charge in [-0.15, -0.1) is 0 Å². The third-order valence-corrected chi connectivity index (χ3v) is 5.89. The molecule has 6 heteroatoms. The Bertz CT molecular complexity index is 809. The summed E-state index contributed by atoms with van der Waals surface area (Å²) in [5, 5.41) is 2.97. The van der Waals surface area contributed by atoms with Crippen molar-refractivity contribution in [1.82, 2.24) is 4.90 Å². The number of carbonyl (C=O) groups excluding carboxylic acids is 1. The summed E-state index contributed by atoms with van der Waals surface area (Å²) in [5.41, 5.74) is 2.62. The van der Waals surface area contributed by atoms with Crippen LogP contribution in [0.15, 0.2) is 48.5 Å². The number of anilines is 2. The zero-order chi connectivity index (χ0) is 20.8. The van der Waals surface area contributed by atoms with Crippen molar-refractivity contribution in [2.24, 2.45) is 0 Å². The number of piperazine rings is 1. The van der Waals surface area contributed by atoms with Crippen LogP contribution in [-0.2, 0) is 4.74 Å². The van der Waals surface area contributed by atoms with E-state index in [0.717, 1.165) is 63.6 Å². The molecule has 2 saturated heterocycles. The van der Waals surface area contributed by atoms with Gasteiger partial charge in [-0.05, 0) is 67.9 Å². The number of nitrogens with zero attached hydrogens (tertiary/aromatic N) is 2. The van der Waals surface area contributed by atoms with E-state index < -0.39 is 0 Å². The van der Waals surface area contributed by atoms with Crippen LogP contribution in [-0.4, -0.2) is 62.8 Å². The third-order valence-electron chi connectivity index (χ3n) is 5.89. The number of likely N-dealkylation sites (N-methyl/N-ethyl adjacent to an activating group) is 1. The summed E-state index contributed by atoms with van der Waals surface area (Å²) in [6.07, 6.45) is 2.34. The van der Waals surface area contributed by atoms with Gasteiger partial charge >= 0.3 is 0 Å². The maximum atomic E-state index is 12.6. The molecule has 2 fully saturated rings. The fraction of sp³-hybridized carbons (Fsp3) is 0.458. The van der Waals surface area contributed by atoms with Gasteiger partial charge in [0.15, 0.2) is 0 Å². The van der Waals surface area contributed by atoms with Crippen LogP contribution in [0.2, 0.25) is 0 Å². The van der Waals surface area contributed by atoms with Crippen LogP contribution in [0, 0.1) is 0 Å². The SMILES string of the molecule is CCN1CCN(c2ccc(NC(=O)c3ccc(OCC4CCCO4)cc3)cc2)CC1. The molecule has 30 heavy (non-hydrogen) atoms. The molecule has 6 nitrogen and oxygen atoms in total. The summed E-state index contributed by atoms with van der Waals surface area (Å²) in [6.45, 7) is 8.99. The van der Waals surface area contributed by atoms with Crippen LogP contribution in [0.3, 0.4) is 0 Å². The first kappa shape index (κ1) is 20.7. The highest BCUT2D eigenvalue weighted by molar-refractivity contribution is 6.04. The number of rotatable bonds is 7. The second kappa shape index (κ2) is 9.96. The number of ether oxygens (including phenoxy) is 2. The standard InChI is InChI=1S/C24H31N3O3/c1-2-26-13-15-27(16-14-26)21-9-7-20(8-10-21)25-24(28)19-5-11-22(12-6-19)30-18-23-4-3-17-29-23/h5-12,23H,2-4,13-18H2,1H3,(H,25,28). The van der Waals surface area contributed by atoms with Gasteiger partial charge in [0.2, 0.25) is 0 Å². The van der Waals surface area contributed by atoms with E-state index in [1.54, 1.807) is 12.1 Å². The molecule has 2 aliphatic heterocycles. The van der Waals surface area contributed by atoms with Crippen molar-refractivity contribution >= 4 is 17.3 Å². The summed E-state index contributed by atoms with van der Waals surface area (Å²) >= 11 is 0. The first-order valence-corrected chi connectivity index (χ1v) is 10.9. The minimum atomic E-state index is -0.120. The van der Waals surface area contributed by atoms with Crippen LogP contribution in [0.1, 0.15) is 30.1 Å². The van der Waals surface area contributed by atoms with Crippen molar-refractivity contribution in [3.63, 3.8) is 0 Å². The van der Waals surface area contributed by atoms with Crippen LogP contribution >= 0.6 is 0 Å². The van der Waals surface area contributed by atoms with Crippen molar-refractivity contribution < 1.29 is 14.3 Å². The Morgan fingerprint density at radius 3 is 2.43 bits per heavy atom. The molecule has 2 heterocycles. The van der Waals surface area contributed by atoms with E-state index in [0.29, 0.717) is 12.2 Å². The highest BCUT2D eigenvalue weighted by Crippen LogP contribution is 2.21. The molecule has 0 radical (unpaired) electrons. The van der Waals surface area contributed by atoms with Crippen molar-refractivity contribution in [1.29, 1.82) is 0 Å². The first-order chi connectivity index (χ1) is 14.7. The lowest BCUT2D eigenvalue weighted by atomic mass is 10.2. The Morgan fingerprint density at radius 1 is 1.07 bits per heavy atom. The minimum absolute atomic E-state index is 0.120. The molecule has 0 saturated carbocycles. The zero-order valence-electron chi connectivity index (χ0n) is 17.7. The minimum Gasteiger partial charge on any atom is -0.491 e. The van der Waals surface area contributed by atoms with Gasteiger partial charge in [-0.25, -0.2) is 0 Å². The van der Waals surface area contributed by atoms with Gasteiger partial charge in [0.25, 0.3) is 5.91 Å². The number of nitrogens with one attached hydrogen (secondary N) is 1. The largest absolute Gasteiger partial charge is 0.491 e. The fourth-order valence-corrected chi connectivity index (χ4v) is 3.95. The van der Waals surface area contributed by atoms with Gasteiger partial charge in [-0.2, -0.15) is 0 Å². The molecule has 0 bridgehead atoms. The van der Waals surface area contributed by atoms with E-state index in [1.807, 2.05) is 24.3 Å². The maximum absolute atomic E-state index is 12.6. The maximum Gasteiger partial charge on any atom is 0.255 e. The number of carbonyl (C=O) groups is 1. The molecular formula is C24H31N3O3. The molecule has 2 aliphatic rings. The molecule has 2 aromatic rings. The van der Waals surface area contributed by atoms with Crippen LogP contribution < -0.4 is 15.0 Å². The predicted octanol–water partition coefficient (Wildman–Crippen LogP) is 3.64. The quantitative estimate of drug-likeness (QED) is 0.757. The Labute approximate surface area is 178 Å². The zero-order valence-corrected chi connectivity index (χ0v) is 17.7. The van der Waals surface area contributed by atoms with E-state index in [9.17, 15) is 4.79 Å². The van der Waals surface area contributed by atoms with Crippen molar-refractivity contribution in [3.8, 4) is 5.75 Å². The molecule has 1 N–H and O–H groups in total. The first-order valence-electron chi connectivity index (χ1n) is 10.9. The Kier molecular flexibility index (Phi) is 6.87. The Balaban J connectivity index is 1.28.